The van der Waals surface area contributed by atoms with Crippen molar-refractivity contribution in [1.82, 2.24) is 20.2 Å². The van der Waals surface area contributed by atoms with Gasteiger partial charge in [0.05, 0.1) is 17.4 Å². The molecule has 1 aliphatic rings. The van der Waals surface area contributed by atoms with Crippen molar-refractivity contribution < 1.29 is 0 Å². The number of hydrogen-bond donors (Lipinski definition) is 2. The molecule has 1 aliphatic heterocycles. The third-order valence-corrected chi connectivity index (χ3v) is 5.05. The Hall–Kier alpha value is -3.74. The number of rotatable bonds is 5. The molecule has 4 aromatic rings. The predicted octanol–water partition coefficient (Wildman–Crippen LogP) is 4.51. The van der Waals surface area contributed by atoms with E-state index in [9.17, 15) is 0 Å². The summed E-state index contributed by atoms with van der Waals surface area (Å²) in [5, 5.41) is 15.8. The van der Waals surface area contributed by atoms with Gasteiger partial charge in [-0.3, -0.25) is 4.98 Å². The van der Waals surface area contributed by atoms with Crippen LogP contribution in [0.4, 0.5) is 28.8 Å². The summed E-state index contributed by atoms with van der Waals surface area (Å²) in [6, 6.07) is 18.3. The minimum atomic E-state index is 0.442. The molecule has 0 unspecified atom stereocenters. The number of hydrogen-bond acceptors (Lipinski definition) is 7. The number of para-hydroxylation sites is 1. The number of fused-ring (bicyclic) bond motifs is 1. The first-order valence-corrected chi connectivity index (χ1v) is 9.78. The molecule has 0 spiro atoms. The van der Waals surface area contributed by atoms with Gasteiger partial charge in [-0.1, -0.05) is 18.2 Å². The van der Waals surface area contributed by atoms with E-state index in [1.165, 1.54) is 18.5 Å². The van der Waals surface area contributed by atoms with Crippen LogP contribution in [-0.2, 0) is 0 Å². The van der Waals surface area contributed by atoms with Gasteiger partial charge in [-0.25, -0.2) is 0 Å². The minimum absolute atomic E-state index is 0.442. The van der Waals surface area contributed by atoms with Gasteiger partial charge in [-0.15, -0.1) is 5.10 Å². The van der Waals surface area contributed by atoms with Gasteiger partial charge in [0.25, 0.3) is 0 Å². The lowest BCUT2D eigenvalue weighted by atomic mass is 10.2. The van der Waals surface area contributed by atoms with Gasteiger partial charge in [-0.2, -0.15) is 10.1 Å². The van der Waals surface area contributed by atoms with Gasteiger partial charge in [0, 0.05) is 36.0 Å². The van der Waals surface area contributed by atoms with Crippen LogP contribution in [0.2, 0.25) is 0 Å². The lowest BCUT2D eigenvalue weighted by molar-refractivity contribution is 0.949. The zero-order valence-electron chi connectivity index (χ0n) is 15.9. The Labute approximate surface area is 168 Å². The lowest BCUT2D eigenvalue weighted by Crippen LogP contribution is -2.17. The molecule has 144 valence electrons. The van der Waals surface area contributed by atoms with E-state index in [4.69, 9.17) is 0 Å². The van der Waals surface area contributed by atoms with Gasteiger partial charge in [0.1, 0.15) is 0 Å². The van der Waals surface area contributed by atoms with E-state index in [0.29, 0.717) is 11.8 Å². The molecule has 0 saturated carbocycles. The smallest absolute Gasteiger partial charge is 0.249 e. The number of anilines is 5. The van der Waals surface area contributed by atoms with Crippen LogP contribution in [0.25, 0.3) is 10.9 Å². The standard InChI is InChI=1S/C22H21N7/c1-2-14-29(13-1)18-10-8-17(9-11-18)25-22-27-20(15-24-28-22)26-19-7-3-5-16-6-4-12-23-21(16)19/h3-12,15H,1-2,13-14H2,(H2,25,26,27,28). The van der Waals surface area contributed by atoms with Gasteiger partial charge in [-0.05, 0) is 49.2 Å². The van der Waals surface area contributed by atoms with Crippen molar-refractivity contribution in [1.29, 1.82) is 0 Å². The van der Waals surface area contributed by atoms with Crippen molar-refractivity contribution in [3.8, 4) is 0 Å². The molecular weight excluding hydrogens is 362 g/mol. The lowest BCUT2D eigenvalue weighted by Gasteiger charge is -2.17. The van der Waals surface area contributed by atoms with E-state index in [-0.39, 0.29) is 0 Å². The Morgan fingerprint density at radius 3 is 2.55 bits per heavy atom. The van der Waals surface area contributed by atoms with Crippen molar-refractivity contribution in [3.05, 3.63) is 67.0 Å². The van der Waals surface area contributed by atoms with Crippen molar-refractivity contribution in [2.45, 2.75) is 12.8 Å². The van der Waals surface area contributed by atoms with E-state index in [1.54, 1.807) is 12.4 Å². The Bertz CT molecular complexity index is 1120. The molecule has 0 bridgehead atoms. The van der Waals surface area contributed by atoms with E-state index in [0.717, 1.165) is 35.4 Å². The molecule has 1 fully saturated rings. The molecule has 7 heteroatoms. The van der Waals surface area contributed by atoms with E-state index >= 15 is 0 Å². The number of nitrogens with one attached hydrogen (secondary N) is 2. The maximum atomic E-state index is 4.54. The van der Waals surface area contributed by atoms with Crippen LogP contribution in [0.3, 0.4) is 0 Å². The third-order valence-electron chi connectivity index (χ3n) is 5.05. The summed E-state index contributed by atoms with van der Waals surface area (Å²) in [5.41, 5.74) is 3.95. The van der Waals surface area contributed by atoms with Crippen LogP contribution in [-0.4, -0.2) is 33.3 Å². The Balaban J connectivity index is 1.33. The molecule has 0 radical (unpaired) electrons. The molecule has 7 nitrogen and oxygen atoms in total. The predicted molar refractivity (Wildman–Crippen MR) is 116 cm³/mol. The molecule has 29 heavy (non-hydrogen) atoms. The highest BCUT2D eigenvalue weighted by atomic mass is 15.3. The van der Waals surface area contributed by atoms with E-state index < -0.39 is 0 Å². The minimum Gasteiger partial charge on any atom is -0.372 e. The van der Waals surface area contributed by atoms with Crippen LogP contribution in [0.15, 0.2) is 67.0 Å². The second-order valence-electron chi connectivity index (χ2n) is 7.04. The summed E-state index contributed by atoms with van der Waals surface area (Å²) >= 11 is 0. The van der Waals surface area contributed by atoms with Crippen molar-refractivity contribution in [2.24, 2.45) is 0 Å². The van der Waals surface area contributed by atoms with E-state index in [2.05, 4.69) is 47.8 Å². The van der Waals surface area contributed by atoms with Gasteiger partial charge >= 0.3 is 0 Å². The first-order valence-electron chi connectivity index (χ1n) is 9.78. The SMILES string of the molecule is c1cnc2c(Nc3cnnc(Nc4ccc(N5CCCC5)cc4)n3)cccc2c1. The summed E-state index contributed by atoms with van der Waals surface area (Å²) in [5.74, 6) is 1.05. The van der Waals surface area contributed by atoms with Crippen LogP contribution < -0.4 is 15.5 Å². The number of aromatic nitrogens is 4. The van der Waals surface area contributed by atoms with Crippen molar-refractivity contribution in [3.63, 3.8) is 0 Å². The molecule has 2 N–H and O–H groups in total. The summed E-state index contributed by atoms with van der Waals surface area (Å²) in [7, 11) is 0. The Morgan fingerprint density at radius 2 is 1.69 bits per heavy atom. The zero-order valence-corrected chi connectivity index (χ0v) is 15.9. The molecule has 2 aromatic carbocycles. The van der Waals surface area contributed by atoms with Crippen LogP contribution in [0, 0.1) is 0 Å². The highest BCUT2D eigenvalue weighted by Gasteiger charge is 2.12. The zero-order chi connectivity index (χ0) is 19.5. The summed E-state index contributed by atoms with van der Waals surface area (Å²) in [4.78, 5) is 11.4. The largest absolute Gasteiger partial charge is 0.372 e. The fraction of sp³-hybridized carbons (Fsp3) is 0.182. The highest BCUT2D eigenvalue weighted by molar-refractivity contribution is 5.91. The number of nitrogens with zero attached hydrogens (tertiary/aromatic N) is 5. The highest BCUT2D eigenvalue weighted by Crippen LogP contribution is 2.25. The molecular formula is C22H21N7. The molecule has 0 amide bonds. The molecule has 5 rings (SSSR count). The quantitative estimate of drug-likeness (QED) is 0.525. The molecule has 0 atom stereocenters. The van der Waals surface area contributed by atoms with Crippen LogP contribution in [0.5, 0.6) is 0 Å². The monoisotopic (exact) mass is 383 g/mol. The Morgan fingerprint density at radius 1 is 0.862 bits per heavy atom. The van der Waals surface area contributed by atoms with Crippen molar-refractivity contribution >= 4 is 39.7 Å². The first kappa shape index (κ1) is 17.4. The molecule has 3 heterocycles. The second-order valence-corrected chi connectivity index (χ2v) is 7.04. The summed E-state index contributed by atoms with van der Waals surface area (Å²) < 4.78 is 0. The van der Waals surface area contributed by atoms with Crippen molar-refractivity contribution in [2.75, 3.05) is 28.6 Å². The Kier molecular flexibility index (Phi) is 4.62. The third kappa shape index (κ3) is 3.80. The van der Waals surface area contributed by atoms with E-state index in [1.807, 2.05) is 42.5 Å². The molecule has 2 aromatic heterocycles. The van der Waals surface area contributed by atoms with Crippen LogP contribution >= 0.6 is 0 Å². The number of pyridine rings is 1. The topological polar surface area (TPSA) is 78.9 Å². The average molecular weight is 383 g/mol. The fourth-order valence-electron chi connectivity index (χ4n) is 3.62. The molecule has 0 aliphatic carbocycles. The van der Waals surface area contributed by atoms with Gasteiger partial charge < -0.3 is 15.5 Å². The van der Waals surface area contributed by atoms with Gasteiger partial charge in [0.2, 0.25) is 5.95 Å². The maximum Gasteiger partial charge on any atom is 0.249 e. The summed E-state index contributed by atoms with van der Waals surface area (Å²) in [6.45, 7) is 2.27. The maximum absolute atomic E-state index is 4.54. The molecule has 1 saturated heterocycles. The normalized spacial score (nSPS) is 13.6. The number of benzene rings is 2. The first-order chi connectivity index (χ1) is 14.3. The summed E-state index contributed by atoms with van der Waals surface area (Å²) in [6.07, 6.45) is 5.92. The fourth-order valence-corrected chi connectivity index (χ4v) is 3.62. The van der Waals surface area contributed by atoms with Gasteiger partial charge in [0.15, 0.2) is 5.82 Å². The average Bonchev–Trinajstić information content (AvgIpc) is 3.30. The van der Waals surface area contributed by atoms with Crippen LogP contribution in [0.1, 0.15) is 12.8 Å². The second kappa shape index (κ2) is 7.71.